The smallest absolute Gasteiger partial charge is 0.266 e. The van der Waals surface area contributed by atoms with Gasteiger partial charge in [-0.2, -0.15) is 0 Å². The number of carbonyl (C=O) groups is 2. The molecule has 0 radical (unpaired) electrons. The molecule has 4 atom stereocenters. The van der Waals surface area contributed by atoms with Crippen molar-refractivity contribution < 1.29 is 30.0 Å². The maximum atomic E-state index is 13.0. The molecule has 0 bridgehead atoms. The number of rotatable bonds is 50. The molecule has 0 aliphatic rings. The van der Waals surface area contributed by atoms with Crippen molar-refractivity contribution in [3.8, 4) is 0 Å². The van der Waals surface area contributed by atoms with Crippen molar-refractivity contribution in [1.82, 2.24) is 9.80 Å². The van der Waals surface area contributed by atoms with Crippen molar-refractivity contribution in [3.63, 3.8) is 0 Å². The number of aliphatic hydroxyl groups excluding tert-OH is 4. The molecule has 0 saturated carbocycles. The van der Waals surface area contributed by atoms with E-state index in [4.69, 9.17) is 0 Å². The Morgan fingerprint density at radius 1 is 0.328 bits per heavy atom. The third-order valence-electron chi connectivity index (χ3n) is 12.9. The molecule has 10 heteroatoms. The van der Waals surface area contributed by atoms with Gasteiger partial charge in [-0.15, -0.1) is 0 Å². The van der Waals surface area contributed by atoms with Crippen LogP contribution in [0.3, 0.4) is 0 Å². The fraction of sp³-hybridized carbons (Fsp3) is 0.963. The number of hydrogen-bond acceptors (Lipinski definition) is 10. The first-order valence-electron chi connectivity index (χ1n) is 27.7. The second-order valence-corrected chi connectivity index (χ2v) is 21.6. The molecular weight excluding hydrogens is 837 g/mol. The molecule has 0 aromatic carbocycles. The highest BCUT2D eigenvalue weighted by molar-refractivity contribution is 8.24. The van der Waals surface area contributed by atoms with Gasteiger partial charge in [0.2, 0.25) is 0 Å². The van der Waals surface area contributed by atoms with E-state index in [2.05, 4.69) is 37.5 Å². The molecule has 382 valence electrons. The van der Waals surface area contributed by atoms with Gasteiger partial charge in [-0.3, -0.25) is 19.4 Å². The van der Waals surface area contributed by atoms with Gasteiger partial charge in [0.1, 0.15) is 0 Å². The van der Waals surface area contributed by atoms with Crippen LogP contribution in [0.1, 0.15) is 259 Å². The molecule has 0 fully saturated rings. The van der Waals surface area contributed by atoms with Gasteiger partial charge in [0.25, 0.3) is 10.2 Å². The quantitative estimate of drug-likeness (QED) is 0.0346. The highest BCUT2D eigenvalue weighted by Gasteiger charge is 2.21. The summed E-state index contributed by atoms with van der Waals surface area (Å²) in [6.07, 6.45) is 40.2. The molecule has 64 heavy (non-hydrogen) atoms. The largest absolute Gasteiger partial charge is 0.392 e. The first-order chi connectivity index (χ1) is 31.2. The zero-order valence-corrected chi connectivity index (χ0v) is 44.4. The van der Waals surface area contributed by atoms with Crippen LogP contribution in [0.5, 0.6) is 0 Å². The van der Waals surface area contributed by atoms with Crippen LogP contribution < -0.4 is 0 Å². The fourth-order valence-electron chi connectivity index (χ4n) is 8.78. The lowest BCUT2D eigenvalue weighted by Crippen LogP contribution is -2.39. The minimum Gasteiger partial charge on any atom is -0.392 e. The number of hydrogen-bond donors (Lipinski definition) is 4. The average Bonchev–Trinajstić information content (AvgIpc) is 3.27. The minimum atomic E-state index is -0.478. The minimum absolute atomic E-state index is 0.433. The van der Waals surface area contributed by atoms with E-state index in [0.717, 1.165) is 101 Å². The second-order valence-electron chi connectivity index (χ2n) is 19.5. The van der Waals surface area contributed by atoms with E-state index < -0.39 is 34.6 Å². The molecular formula is C54H108N2O6S2. The predicted octanol–water partition coefficient (Wildman–Crippen LogP) is 13.7. The maximum absolute atomic E-state index is 13.0. The Morgan fingerprint density at radius 3 is 0.719 bits per heavy atom. The SMILES string of the molecule is CCCCCCCCCCC(O)CN(CCSC(=O)C(=O)SCCN(CC(O)CCCCCCCCCC)CC(O)CCCCCCCCCC)CC(O)CCCCCCCCCC. The van der Waals surface area contributed by atoms with E-state index in [0.29, 0.717) is 50.8 Å². The molecule has 0 spiro atoms. The first-order valence-corrected chi connectivity index (χ1v) is 29.6. The Kier molecular flexibility index (Phi) is 49.1. The lowest BCUT2D eigenvalue weighted by atomic mass is 10.0. The summed E-state index contributed by atoms with van der Waals surface area (Å²) < 4.78 is 0. The van der Waals surface area contributed by atoms with Crippen LogP contribution in [0.4, 0.5) is 0 Å². The normalized spacial score (nSPS) is 13.8. The molecule has 0 aromatic rings. The molecule has 0 aliphatic heterocycles. The third-order valence-corrected chi connectivity index (χ3v) is 14.7. The van der Waals surface area contributed by atoms with Gasteiger partial charge in [0.05, 0.1) is 24.4 Å². The monoisotopic (exact) mass is 945 g/mol. The lowest BCUT2D eigenvalue weighted by Gasteiger charge is -2.27. The Labute approximate surface area is 405 Å². The topological polar surface area (TPSA) is 122 Å². The summed E-state index contributed by atoms with van der Waals surface area (Å²) in [6, 6.07) is 0. The number of unbranched alkanes of at least 4 members (excludes halogenated alkanes) is 28. The Hall–Kier alpha value is -0.200. The number of carbonyl (C=O) groups excluding carboxylic acids is 2. The summed E-state index contributed by atoms with van der Waals surface area (Å²) in [7, 11) is 0. The van der Waals surface area contributed by atoms with Crippen molar-refractivity contribution in [2.45, 2.75) is 283 Å². The van der Waals surface area contributed by atoms with Gasteiger partial charge in [-0.25, -0.2) is 0 Å². The molecule has 0 aromatic heterocycles. The summed E-state index contributed by atoms with van der Waals surface area (Å²) in [5, 5.41) is 43.1. The highest BCUT2D eigenvalue weighted by atomic mass is 32.2. The Balaban J connectivity index is 5.04. The number of thioether (sulfide) groups is 2. The van der Waals surface area contributed by atoms with E-state index in [1.54, 1.807) is 0 Å². The van der Waals surface area contributed by atoms with E-state index in [-0.39, 0.29) is 0 Å². The first kappa shape index (κ1) is 63.8. The van der Waals surface area contributed by atoms with Crippen LogP contribution in [-0.2, 0) is 9.59 Å². The van der Waals surface area contributed by atoms with Crippen LogP contribution in [-0.4, -0.2) is 116 Å². The van der Waals surface area contributed by atoms with Gasteiger partial charge >= 0.3 is 0 Å². The summed E-state index contributed by atoms with van der Waals surface area (Å²) >= 11 is 2.08. The van der Waals surface area contributed by atoms with Crippen LogP contribution in [0.2, 0.25) is 0 Å². The van der Waals surface area contributed by atoms with Crippen molar-refractivity contribution in [3.05, 3.63) is 0 Å². The second kappa shape index (κ2) is 49.2. The average molecular weight is 946 g/mol. The van der Waals surface area contributed by atoms with E-state index in [1.807, 2.05) is 0 Å². The van der Waals surface area contributed by atoms with Crippen LogP contribution in [0.25, 0.3) is 0 Å². The van der Waals surface area contributed by atoms with E-state index in [9.17, 15) is 30.0 Å². The fourth-order valence-corrected chi connectivity index (χ4v) is 10.4. The van der Waals surface area contributed by atoms with Crippen molar-refractivity contribution in [2.75, 3.05) is 50.8 Å². The van der Waals surface area contributed by atoms with E-state index in [1.165, 1.54) is 154 Å². The van der Waals surface area contributed by atoms with Gasteiger partial charge in [0, 0.05) is 50.8 Å². The lowest BCUT2D eigenvalue weighted by molar-refractivity contribution is -0.126. The maximum Gasteiger partial charge on any atom is 0.266 e. The van der Waals surface area contributed by atoms with Gasteiger partial charge < -0.3 is 20.4 Å². The predicted molar refractivity (Wildman–Crippen MR) is 281 cm³/mol. The van der Waals surface area contributed by atoms with Gasteiger partial charge in [-0.1, -0.05) is 257 Å². The molecule has 4 unspecified atom stereocenters. The zero-order chi connectivity index (χ0) is 47.1. The molecule has 0 heterocycles. The van der Waals surface area contributed by atoms with Crippen LogP contribution in [0, 0.1) is 0 Å². The molecule has 8 nitrogen and oxygen atoms in total. The Bertz CT molecular complexity index is 863. The number of aliphatic hydroxyl groups is 4. The van der Waals surface area contributed by atoms with Gasteiger partial charge in [-0.05, 0) is 25.7 Å². The van der Waals surface area contributed by atoms with Crippen LogP contribution in [0.15, 0.2) is 0 Å². The molecule has 0 aliphatic carbocycles. The van der Waals surface area contributed by atoms with Crippen LogP contribution >= 0.6 is 23.5 Å². The van der Waals surface area contributed by atoms with Crippen molar-refractivity contribution in [1.29, 1.82) is 0 Å². The molecule has 0 saturated heterocycles. The summed E-state index contributed by atoms with van der Waals surface area (Å²) in [6.45, 7) is 11.9. The third kappa shape index (κ3) is 44.3. The Morgan fingerprint density at radius 2 is 0.516 bits per heavy atom. The molecule has 4 N–H and O–H groups in total. The number of nitrogens with zero attached hydrogens (tertiary/aromatic N) is 2. The zero-order valence-electron chi connectivity index (χ0n) is 42.7. The van der Waals surface area contributed by atoms with Gasteiger partial charge in [0.15, 0.2) is 0 Å². The summed E-state index contributed by atoms with van der Waals surface area (Å²) in [5.74, 6) is 0.865. The van der Waals surface area contributed by atoms with Crippen molar-refractivity contribution >= 4 is 33.8 Å². The summed E-state index contributed by atoms with van der Waals surface area (Å²) in [5.41, 5.74) is 0. The standard InChI is InChI=1S/C54H108N2O6S2/c1-5-9-13-17-21-25-29-33-37-49(57)45-55(46-50(58)38-34-30-26-22-18-14-10-6-2)41-43-63-53(61)54(62)64-44-42-56(47-51(59)39-35-31-27-23-19-15-11-7-3)48-52(60)40-36-32-28-24-20-16-12-8-4/h49-52,57-60H,5-48H2,1-4H3. The van der Waals surface area contributed by atoms with Crippen molar-refractivity contribution in [2.24, 2.45) is 0 Å². The molecule has 0 rings (SSSR count). The van der Waals surface area contributed by atoms with E-state index >= 15 is 0 Å². The molecule has 0 amide bonds. The highest BCUT2D eigenvalue weighted by Crippen LogP contribution is 2.18. The summed E-state index contributed by atoms with van der Waals surface area (Å²) in [4.78, 5) is 30.3.